The number of aromatic amines is 1. The Hall–Kier alpha value is -3.70. The number of nitrogens with one attached hydrogen (secondary N) is 4. The number of rotatable bonds is 11. The van der Waals surface area contributed by atoms with Gasteiger partial charge in [0.1, 0.15) is 5.82 Å². The Morgan fingerprint density at radius 2 is 1.81 bits per heavy atom. The molecule has 2 aromatic carbocycles. The quantitative estimate of drug-likeness (QED) is 0.226. The number of hydrogen-bond acceptors (Lipinski definition) is 5. The highest BCUT2D eigenvalue weighted by Gasteiger charge is 2.24. The maximum absolute atomic E-state index is 13.7. The van der Waals surface area contributed by atoms with Crippen molar-refractivity contribution < 1.29 is 18.0 Å². The van der Waals surface area contributed by atoms with Crippen molar-refractivity contribution in [3.63, 3.8) is 0 Å². The first kappa shape index (κ1) is 26.4. The third kappa shape index (κ3) is 7.40. The Morgan fingerprint density at radius 1 is 1.08 bits per heavy atom. The monoisotopic (exact) mass is 514 g/mol. The first-order valence-corrected chi connectivity index (χ1v) is 12.1. The van der Waals surface area contributed by atoms with Crippen molar-refractivity contribution in [2.24, 2.45) is 5.92 Å². The zero-order chi connectivity index (χ0) is 26.4. The van der Waals surface area contributed by atoms with E-state index in [4.69, 9.17) is 0 Å². The number of urea groups is 1. The lowest BCUT2D eigenvalue weighted by Crippen LogP contribution is -2.28. The molecule has 37 heavy (non-hydrogen) atoms. The van der Waals surface area contributed by atoms with E-state index in [0.717, 1.165) is 44.1 Å². The van der Waals surface area contributed by atoms with E-state index < -0.39 is 34.7 Å². The fourth-order valence-corrected chi connectivity index (χ4v) is 3.97. The third-order valence-electron chi connectivity index (χ3n) is 6.07. The van der Waals surface area contributed by atoms with Crippen LogP contribution in [-0.2, 0) is 6.54 Å². The van der Waals surface area contributed by atoms with Crippen molar-refractivity contribution in [1.82, 2.24) is 20.2 Å². The van der Waals surface area contributed by atoms with Crippen LogP contribution in [0.15, 0.2) is 47.4 Å². The summed E-state index contributed by atoms with van der Waals surface area (Å²) in [4.78, 5) is 33.7. The maximum Gasteiger partial charge on any atom is 0.326 e. The van der Waals surface area contributed by atoms with E-state index in [-0.39, 0.29) is 5.95 Å². The molecule has 0 saturated heterocycles. The lowest BCUT2D eigenvalue weighted by Gasteiger charge is -2.22. The minimum atomic E-state index is -1.38. The average molecular weight is 515 g/mol. The van der Waals surface area contributed by atoms with E-state index in [2.05, 4.69) is 25.5 Å². The second kappa shape index (κ2) is 12.0. The van der Waals surface area contributed by atoms with Gasteiger partial charge in [-0.3, -0.25) is 20.0 Å². The molecule has 8 nitrogen and oxygen atoms in total. The molecule has 0 unspecified atom stereocenters. The standard InChI is InChI=1S/C26H29F3N6O2/c1-30-9-2-10-35(14-16-3-4-16)15-17-5-7-18(8-6-17)19-13-31-25(33-24(19)36)34-26(37)32-23-12-21(28)20(27)11-22(23)29/h5-8,11-13,16,30H,2-4,9-10,14-15H2,1H3,(H3,31,32,33,34,36,37). The normalized spacial score (nSPS) is 13.1. The van der Waals surface area contributed by atoms with Crippen LogP contribution in [0.4, 0.5) is 29.6 Å². The number of amides is 2. The third-order valence-corrected chi connectivity index (χ3v) is 6.07. The van der Waals surface area contributed by atoms with Crippen LogP contribution in [-0.4, -0.2) is 47.6 Å². The van der Waals surface area contributed by atoms with Gasteiger partial charge >= 0.3 is 6.03 Å². The Kier molecular flexibility index (Phi) is 8.57. The highest BCUT2D eigenvalue weighted by Crippen LogP contribution is 2.30. The van der Waals surface area contributed by atoms with Crippen LogP contribution in [0.5, 0.6) is 0 Å². The Labute approximate surface area is 212 Å². The summed E-state index contributed by atoms with van der Waals surface area (Å²) in [5, 5.41) is 7.46. The SMILES string of the molecule is CNCCCN(Cc1ccc(-c2cnc(NC(=O)Nc3cc(F)c(F)cc3F)[nH]c2=O)cc1)CC1CC1. The van der Waals surface area contributed by atoms with E-state index in [1.807, 2.05) is 36.6 Å². The van der Waals surface area contributed by atoms with Crippen LogP contribution in [0, 0.1) is 23.4 Å². The molecule has 1 aromatic heterocycles. The van der Waals surface area contributed by atoms with Gasteiger partial charge in [0.25, 0.3) is 5.56 Å². The molecule has 3 aromatic rings. The van der Waals surface area contributed by atoms with Gasteiger partial charge in [-0.2, -0.15) is 0 Å². The fourth-order valence-electron chi connectivity index (χ4n) is 3.97. The number of H-pyrrole nitrogens is 1. The van der Waals surface area contributed by atoms with Crippen molar-refractivity contribution in [3.8, 4) is 11.1 Å². The van der Waals surface area contributed by atoms with E-state index in [1.54, 1.807) is 0 Å². The summed E-state index contributed by atoms with van der Waals surface area (Å²) in [6.45, 7) is 3.93. The predicted octanol–water partition coefficient (Wildman–Crippen LogP) is 4.32. The molecule has 1 heterocycles. The number of halogens is 3. The van der Waals surface area contributed by atoms with Gasteiger partial charge in [-0.05, 0) is 56.4 Å². The van der Waals surface area contributed by atoms with E-state index in [1.165, 1.54) is 19.0 Å². The van der Waals surface area contributed by atoms with Gasteiger partial charge in [0.05, 0.1) is 11.3 Å². The zero-order valence-corrected chi connectivity index (χ0v) is 20.4. The van der Waals surface area contributed by atoms with Gasteiger partial charge in [-0.25, -0.2) is 22.9 Å². The summed E-state index contributed by atoms with van der Waals surface area (Å²) < 4.78 is 40.1. The molecule has 4 rings (SSSR count). The lowest BCUT2D eigenvalue weighted by atomic mass is 10.1. The summed E-state index contributed by atoms with van der Waals surface area (Å²) in [5.41, 5.74) is 1.08. The molecule has 0 atom stereocenters. The van der Waals surface area contributed by atoms with Gasteiger partial charge < -0.3 is 10.6 Å². The number of carbonyl (C=O) groups is 1. The number of nitrogens with zero attached hydrogens (tertiary/aromatic N) is 2. The van der Waals surface area contributed by atoms with E-state index >= 15 is 0 Å². The van der Waals surface area contributed by atoms with Gasteiger partial charge in [0, 0.05) is 31.4 Å². The van der Waals surface area contributed by atoms with Crippen molar-refractivity contribution in [2.75, 3.05) is 37.3 Å². The van der Waals surface area contributed by atoms with Crippen molar-refractivity contribution >= 4 is 17.7 Å². The molecule has 0 aliphatic heterocycles. The number of carbonyl (C=O) groups excluding carboxylic acids is 1. The number of aromatic nitrogens is 2. The Bertz CT molecular complexity index is 1290. The van der Waals surface area contributed by atoms with Gasteiger partial charge in [0.2, 0.25) is 5.95 Å². The molecule has 4 N–H and O–H groups in total. The first-order valence-electron chi connectivity index (χ1n) is 12.1. The van der Waals surface area contributed by atoms with Crippen LogP contribution in [0.1, 0.15) is 24.8 Å². The van der Waals surface area contributed by atoms with Gasteiger partial charge in [-0.1, -0.05) is 24.3 Å². The minimum absolute atomic E-state index is 0.192. The molecule has 11 heteroatoms. The zero-order valence-electron chi connectivity index (χ0n) is 20.4. The largest absolute Gasteiger partial charge is 0.326 e. The molecule has 0 bridgehead atoms. The van der Waals surface area contributed by atoms with Gasteiger partial charge in [-0.15, -0.1) is 0 Å². The minimum Gasteiger partial charge on any atom is -0.320 e. The van der Waals surface area contributed by atoms with Crippen LogP contribution >= 0.6 is 0 Å². The molecule has 1 aliphatic carbocycles. The summed E-state index contributed by atoms with van der Waals surface area (Å²) in [5.74, 6) is -3.24. The fraction of sp³-hybridized carbons (Fsp3) is 0.346. The van der Waals surface area contributed by atoms with E-state index in [9.17, 15) is 22.8 Å². The summed E-state index contributed by atoms with van der Waals surface area (Å²) >= 11 is 0. The predicted molar refractivity (Wildman–Crippen MR) is 136 cm³/mol. The molecule has 1 fully saturated rings. The smallest absolute Gasteiger partial charge is 0.320 e. The maximum atomic E-state index is 13.7. The molecule has 1 aliphatic rings. The van der Waals surface area contributed by atoms with Crippen LogP contribution in [0.3, 0.4) is 0 Å². The molecular weight excluding hydrogens is 485 g/mol. The summed E-state index contributed by atoms with van der Waals surface area (Å²) in [6, 6.07) is 7.54. The molecule has 1 saturated carbocycles. The number of hydrogen-bond donors (Lipinski definition) is 4. The second-order valence-electron chi connectivity index (χ2n) is 9.13. The molecule has 196 valence electrons. The Morgan fingerprint density at radius 3 is 2.49 bits per heavy atom. The Balaban J connectivity index is 1.38. The lowest BCUT2D eigenvalue weighted by molar-refractivity contribution is 0.251. The van der Waals surface area contributed by atoms with Crippen molar-refractivity contribution in [2.45, 2.75) is 25.8 Å². The second-order valence-corrected chi connectivity index (χ2v) is 9.13. The molecule has 2 amide bonds. The van der Waals surface area contributed by atoms with Gasteiger partial charge in [0.15, 0.2) is 11.6 Å². The molecular formula is C26H29F3N6O2. The average Bonchev–Trinajstić information content (AvgIpc) is 3.67. The molecule has 0 spiro atoms. The van der Waals surface area contributed by atoms with Crippen LogP contribution < -0.4 is 21.5 Å². The number of anilines is 2. The topological polar surface area (TPSA) is 102 Å². The van der Waals surface area contributed by atoms with Crippen LogP contribution in [0.2, 0.25) is 0 Å². The van der Waals surface area contributed by atoms with Crippen molar-refractivity contribution in [1.29, 1.82) is 0 Å². The molecule has 0 radical (unpaired) electrons. The van der Waals surface area contributed by atoms with Crippen molar-refractivity contribution in [3.05, 3.63) is 76.0 Å². The highest BCUT2D eigenvalue weighted by atomic mass is 19.2. The highest BCUT2D eigenvalue weighted by molar-refractivity contribution is 5.98. The number of benzene rings is 2. The summed E-state index contributed by atoms with van der Waals surface area (Å²) in [6.07, 6.45) is 4.99. The van der Waals surface area contributed by atoms with Crippen LogP contribution in [0.25, 0.3) is 11.1 Å². The van der Waals surface area contributed by atoms with E-state index in [0.29, 0.717) is 23.3 Å². The first-order chi connectivity index (χ1) is 17.8. The summed E-state index contributed by atoms with van der Waals surface area (Å²) in [7, 11) is 1.95.